The number of urea groups is 1. The van der Waals surface area contributed by atoms with Crippen molar-refractivity contribution in [1.82, 2.24) is 15.5 Å². The molecule has 14 heavy (non-hydrogen) atoms. The molecule has 0 aliphatic carbocycles. The minimum atomic E-state index is -0.228. The van der Waals surface area contributed by atoms with Crippen molar-refractivity contribution < 1.29 is 9.59 Å². The lowest BCUT2D eigenvalue weighted by Gasteiger charge is -2.34. The van der Waals surface area contributed by atoms with Crippen LogP contribution in [0.15, 0.2) is 0 Å². The fourth-order valence-electron chi connectivity index (χ4n) is 2.15. The van der Waals surface area contributed by atoms with Crippen molar-refractivity contribution in [3.8, 4) is 0 Å². The molecule has 5 heteroatoms. The molecule has 0 aromatic heterocycles. The number of nitrogens with one attached hydrogen (secondary N) is 2. The number of imide groups is 1. The summed E-state index contributed by atoms with van der Waals surface area (Å²) in [6.45, 7) is 3.99. The zero-order chi connectivity index (χ0) is 10.1. The third-order valence-corrected chi connectivity index (χ3v) is 2.95. The van der Waals surface area contributed by atoms with Gasteiger partial charge in [0.25, 0.3) is 0 Å². The molecule has 0 saturated carbocycles. The van der Waals surface area contributed by atoms with Gasteiger partial charge < -0.3 is 10.6 Å². The van der Waals surface area contributed by atoms with Crippen LogP contribution < -0.4 is 10.6 Å². The van der Waals surface area contributed by atoms with Crippen LogP contribution in [0.25, 0.3) is 0 Å². The first kappa shape index (κ1) is 9.45. The predicted molar refractivity (Wildman–Crippen MR) is 50.7 cm³/mol. The largest absolute Gasteiger partial charge is 0.329 e. The van der Waals surface area contributed by atoms with Crippen LogP contribution in [0, 0.1) is 5.92 Å². The number of piperidine rings is 1. The van der Waals surface area contributed by atoms with E-state index in [1.807, 2.05) is 0 Å². The van der Waals surface area contributed by atoms with Crippen LogP contribution in [0.2, 0.25) is 0 Å². The molecule has 2 rings (SSSR count). The van der Waals surface area contributed by atoms with Crippen molar-refractivity contribution in [3.63, 3.8) is 0 Å². The summed E-state index contributed by atoms with van der Waals surface area (Å²) in [6, 6.07) is -0.153. The summed E-state index contributed by atoms with van der Waals surface area (Å²) in [5.74, 6) is 0.255. The van der Waals surface area contributed by atoms with E-state index in [0.29, 0.717) is 5.92 Å². The van der Waals surface area contributed by atoms with E-state index in [1.165, 1.54) is 4.90 Å². The molecule has 0 aromatic carbocycles. The summed E-state index contributed by atoms with van der Waals surface area (Å²) in [6.07, 6.45) is 0.861. The molecule has 2 N–H and O–H groups in total. The molecule has 2 saturated heterocycles. The van der Waals surface area contributed by atoms with E-state index in [2.05, 4.69) is 17.6 Å². The number of hydrogen-bond donors (Lipinski definition) is 2. The predicted octanol–water partition coefficient (Wildman–Crippen LogP) is -0.464. The average molecular weight is 197 g/mol. The third kappa shape index (κ3) is 1.48. The maximum atomic E-state index is 11.5. The van der Waals surface area contributed by atoms with Crippen LogP contribution >= 0.6 is 0 Å². The molecule has 0 aromatic rings. The molecule has 3 amide bonds. The molecular formula is C9H15N3O2. The van der Waals surface area contributed by atoms with E-state index in [-0.39, 0.29) is 24.5 Å². The van der Waals surface area contributed by atoms with Gasteiger partial charge in [-0.05, 0) is 25.4 Å². The van der Waals surface area contributed by atoms with Crippen molar-refractivity contribution in [2.24, 2.45) is 5.92 Å². The number of hydrogen-bond acceptors (Lipinski definition) is 3. The lowest BCUT2D eigenvalue weighted by atomic mass is 9.94. The van der Waals surface area contributed by atoms with E-state index in [0.717, 1.165) is 19.5 Å². The third-order valence-electron chi connectivity index (χ3n) is 2.95. The summed E-state index contributed by atoms with van der Waals surface area (Å²) in [7, 11) is 0. The fraction of sp³-hybridized carbons (Fsp3) is 0.778. The quantitative estimate of drug-likeness (QED) is 0.559. The minimum Gasteiger partial charge on any atom is -0.329 e. The Bertz CT molecular complexity index is 251. The Morgan fingerprint density at radius 3 is 2.79 bits per heavy atom. The zero-order valence-electron chi connectivity index (χ0n) is 8.25. The second-order valence-corrected chi connectivity index (χ2v) is 3.96. The van der Waals surface area contributed by atoms with Crippen LogP contribution in [-0.4, -0.2) is 42.5 Å². The lowest BCUT2D eigenvalue weighted by molar-refractivity contribution is -0.127. The van der Waals surface area contributed by atoms with Gasteiger partial charge in [-0.25, -0.2) is 4.79 Å². The molecule has 2 heterocycles. The topological polar surface area (TPSA) is 61.4 Å². The van der Waals surface area contributed by atoms with Gasteiger partial charge in [-0.2, -0.15) is 0 Å². The van der Waals surface area contributed by atoms with Crippen molar-refractivity contribution in [3.05, 3.63) is 0 Å². The molecule has 2 atom stereocenters. The highest BCUT2D eigenvalue weighted by atomic mass is 16.2. The minimum absolute atomic E-state index is 0.0752. The first-order chi connectivity index (χ1) is 6.70. The van der Waals surface area contributed by atoms with E-state index >= 15 is 0 Å². The van der Waals surface area contributed by atoms with Crippen molar-refractivity contribution in [2.75, 3.05) is 19.6 Å². The van der Waals surface area contributed by atoms with Gasteiger partial charge in [0, 0.05) is 6.04 Å². The van der Waals surface area contributed by atoms with Crippen LogP contribution in [-0.2, 0) is 4.79 Å². The monoisotopic (exact) mass is 197 g/mol. The highest BCUT2D eigenvalue weighted by Crippen LogP contribution is 2.19. The summed E-state index contributed by atoms with van der Waals surface area (Å²) in [5, 5.41) is 5.80. The van der Waals surface area contributed by atoms with E-state index < -0.39 is 0 Å². The number of amides is 3. The molecule has 2 unspecified atom stereocenters. The van der Waals surface area contributed by atoms with Gasteiger partial charge in [0.1, 0.15) is 0 Å². The maximum Gasteiger partial charge on any atom is 0.324 e. The van der Waals surface area contributed by atoms with E-state index in [1.54, 1.807) is 0 Å². The fourth-order valence-corrected chi connectivity index (χ4v) is 2.15. The van der Waals surface area contributed by atoms with Crippen LogP contribution in [0.3, 0.4) is 0 Å². The average Bonchev–Trinajstić information content (AvgIpc) is 2.48. The summed E-state index contributed by atoms with van der Waals surface area (Å²) < 4.78 is 0. The van der Waals surface area contributed by atoms with Gasteiger partial charge in [0.15, 0.2) is 0 Å². The molecule has 0 radical (unpaired) electrons. The highest BCUT2D eigenvalue weighted by Gasteiger charge is 2.38. The van der Waals surface area contributed by atoms with Crippen LogP contribution in [0.5, 0.6) is 0 Å². The van der Waals surface area contributed by atoms with E-state index in [4.69, 9.17) is 0 Å². The van der Waals surface area contributed by atoms with Crippen molar-refractivity contribution in [2.45, 2.75) is 19.4 Å². The maximum absolute atomic E-state index is 11.5. The first-order valence-corrected chi connectivity index (χ1v) is 5.01. The number of carbonyl (C=O) groups excluding carboxylic acids is 2. The Morgan fingerprint density at radius 2 is 2.21 bits per heavy atom. The molecule has 5 nitrogen and oxygen atoms in total. The lowest BCUT2D eigenvalue weighted by Crippen LogP contribution is -2.51. The summed E-state index contributed by atoms with van der Waals surface area (Å²) in [5.41, 5.74) is 0. The number of carbonyl (C=O) groups is 2. The Morgan fingerprint density at radius 1 is 1.43 bits per heavy atom. The van der Waals surface area contributed by atoms with Gasteiger partial charge in [-0.15, -0.1) is 0 Å². The second kappa shape index (κ2) is 3.57. The Hall–Kier alpha value is -1.10. The van der Waals surface area contributed by atoms with Gasteiger partial charge in [-0.3, -0.25) is 9.69 Å². The smallest absolute Gasteiger partial charge is 0.324 e. The SMILES string of the molecule is CC1CNCCC1N1C(=O)CNC1=O. The molecule has 2 fully saturated rings. The van der Waals surface area contributed by atoms with E-state index in [9.17, 15) is 9.59 Å². The summed E-state index contributed by atoms with van der Waals surface area (Å²) in [4.78, 5) is 24.2. The molecule has 0 bridgehead atoms. The Labute approximate surface area is 82.8 Å². The molecular weight excluding hydrogens is 182 g/mol. The van der Waals surface area contributed by atoms with Gasteiger partial charge in [0.2, 0.25) is 5.91 Å². The Balaban J connectivity index is 2.12. The second-order valence-electron chi connectivity index (χ2n) is 3.96. The number of rotatable bonds is 1. The Kier molecular flexibility index (Phi) is 2.41. The van der Waals surface area contributed by atoms with Gasteiger partial charge >= 0.3 is 6.03 Å². The van der Waals surface area contributed by atoms with Crippen molar-refractivity contribution in [1.29, 1.82) is 0 Å². The highest BCUT2D eigenvalue weighted by molar-refractivity contribution is 6.02. The van der Waals surface area contributed by atoms with Gasteiger partial charge in [-0.1, -0.05) is 6.92 Å². The van der Waals surface area contributed by atoms with Gasteiger partial charge in [0.05, 0.1) is 6.54 Å². The number of nitrogens with zero attached hydrogens (tertiary/aromatic N) is 1. The normalized spacial score (nSPS) is 33.4. The van der Waals surface area contributed by atoms with Crippen molar-refractivity contribution >= 4 is 11.9 Å². The zero-order valence-corrected chi connectivity index (χ0v) is 8.25. The molecule has 78 valence electrons. The standard InChI is InChI=1S/C9H15N3O2/c1-6-4-10-3-2-7(6)12-8(13)5-11-9(12)14/h6-7,10H,2-5H2,1H3,(H,11,14). The van der Waals surface area contributed by atoms with Crippen LogP contribution in [0.1, 0.15) is 13.3 Å². The molecule has 2 aliphatic rings. The first-order valence-electron chi connectivity index (χ1n) is 5.01. The summed E-state index contributed by atoms with van der Waals surface area (Å²) >= 11 is 0. The van der Waals surface area contributed by atoms with Crippen LogP contribution in [0.4, 0.5) is 4.79 Å². The molecule has 2 aliphatic heterocycles. The molecule has 0 spiro atoms.